The molecule has 0 bridgehead atoms. The fourth-order valence-corrected chi connectivity index (χ4v) is 2.75. The molecule has 17 heavy (non-hydrogen) atoms. The van der Waals surface area contributed by atoms with Crippen molar-refractivity contribution in [3.63, 3.8) is 0 Å². The monoisotopic (exact) mass is 312 g/mol. The number of rotatable bonds is 3. The summed E-state index contributed by atoms with van der Waals surface area (Å²) < 4.78 is 14.0. The summed E-state index contributed by atoms with van der Waals surface area (Å²) in [6, 6.07) is 8.38. The third-order valence-corrected chi connectivity index (χ3v) is 4.21. The molecular weight excluding hydrogens is 303 g/mol. The summed E-state index contributed by atoms with van der Waals surface area (Å²) in [5, 5.41) is 0.841. The van der Waals surface area contributed by atoms with Gasteiger partial charge < -0.3 is 5.73 Å². The molecule has 1 aromatic heterocycles. The Bertz CT molecular complexity index is 534. The SMILES string of the molecule is NCc1cc(F)ccc1Sc1ncccc1Br. The van der Waals surface area contributed by atoms with E-state index in [-0.39, 0.29) is 5.82 Å². The molecule has 0 fully saturated rings. The summed E-state index contributed by atoms with van der Waals surface area (Å²) in [7, 11) is 0. The van der Waals surface area contributed by atoms with Gasteiger partial charge in [-0.3, -0.25) is 0 Å². The highest BCUT2D eigenvalue weighted by atomic mass is 79.9. The van der Waals surface area contributed by atoms with Gasteiger partial charge in [-0.15, -0.1) is 0 Å². The Morgan fingerprint density at radius 3 is 2.88 bits per heavy atom. The van der Waals surface area contributed by atoms with Crippen molar-refractivity contribution in [3.8, 4) is 0 Å². The van der Waals surface area contributed by atoms with Gasteiger partial charge in [-0.05, 0) is 51.8 Å². The zero-order valence-corrected chi connectivity index (χ0v) is 11.3. The molecule has 0 saturated heterocycles. The summed E-state index contributed by atoms with van der Waals surface area (Å²) in [5.41, 5.74) is 6.38. The maximum absolute atomic E-state index is 13.1. The number of halogens is 2. The average Bonchev–Trinajstić information content (AvgIpc) is 2.34. The van der Waals surface area contributed by atoms with E-state index in [2.05, 4.69) is 20.9 Å². The van der Waals surface area contributed by atoms with Crippen molar-refractivity contribution in [1.29, 1.82) is 0 Å². The van der Waals surface area contributed by atoms with E-state index in [1.54, 1.807) is 12.3 Å². The summed E-state index contributed by atoms with van der Waals surface area (Å²) in [5.74, 6) is -0.269. The van der Waals surface area contributed by atoms with E-state index in [1.165, 1.54) is 23.9 Å². The second-order valence-corrected chi connectivity index (χ2v) is 5.23. The van der Waals surface area contributed by atoms with Crippen molar-refractivity contribution in [2.75, 3.05) is 0 Å². The maximum Gasteiger partial charge on any atom is 0.123 e. The number of nitrogens with two attached hydrogens (primary N) is 1. The molecule has 2 rings (SSSR count). The zero-order valence-electron chi connectivity index (χ0n) is 8.86. The van der Waals surface area contributed by atoms with Gasteiger partial charge in [0.05, 0.1) is 4.47 Å². The number of nitrogens with zero attached hydrogens (tertiary/aromatic N) is 1. The minimum absolute atomic E-state index is 0.269. The van der Waals surface area contributed by atoms with Gasteiger partial charge in [0, 0.05) is 17.6 Å². The van der Waals surface area contributed by atoms with E-state index >= 15 is 0 Å². The van der Waals surface area contributed by atoms with Crippen LogP contribution in [0.4, 0.5) is 4.39 Å². The standard InChI is InChI=1S/C12H10BrFN2S/c13-10-2-1-5-16-12(10)17-11-4-3-9(14)6-8(11)7-15/h1-6H,7,15H2. The first-order valence-electron chi connectivity index (χ1n) is 4.97. The van der Waals surface area contributed by atoms with E-state index in [4.69, 9.17) is 5.73 Å². The van der Waals surface area contributed by atoms with Gasteiger partial charge in [0.15, 0.2) is 0 Å². The Hall–Kier alpha value is -0.910. The molecule has 1 heterocycles. The highest BCUT2D eigenvalue weighted by Crippen LogP contribution is 2.33. The molecule has 2 nitrogen and oxygen atoms in total. The average molecular weight is 313 g/mol. The van der Waals surface area contributed by atoms with Gasteiger partial charge >= 0.3 is 0 Å². The number of aromatic nitrogens is 1. The highest BCUT2D eigenvalue weighted by Gasteiger charge is 2.08. The van der Waals surface area contributed by atoms with E-state index in [1.807, 2.05) is 12.1 Å². The molecule has 0 spiro atoms. The van der Waals surface area contributed by atoms with Gasteiger partial charge in [-0.25, -0.2) is 9.37 Å². The van der Waals surface area contributed by atoms with Crippen LogP contribution in [0.2, 0.25) is 0 Å². The number of benzene rings is 1. The van der Waals surface area contributed by atoms with Crippen molar-refractivity contribution < 1.29 is 4.39 Å². The fourth-order valence-electron chi connectivity index (χ4n) is 1.36. The van der Waals surface area contributed by atoms with E-state index in [0.717, 1.165) is 20.0 Å². The van der Waals surface area contributed by atoms with Crippen LogP contribution in [0.1, 0.15) is 5.56 Å². The van der Waals surface area contributed by atoms with E-state index < -0.39 is 0 Å². The van der Waals surface area contributed by atoms with Crippen LogP contribution in [0.5, 0.6) is 0 Å². The van der Waals surface area contributed by atoms with Crippen LogP contribution < -0.4 is 5.73 Å². The lowest BCUT2D eigenvalue weighted by atomic mass is 10.2. The van der Waals surface area contributed by atoms with Crippen molar-refractivity contribution in [2.24, 2.45) is 5.73 Å². The molecular formula is C12H10BrFN2S. The molecule has 0 atom stereocenters. The largest absolute Gasteiger partial charge is 0.326 e. The smallest absolute Gasteiger partial charge is 0.123 e. The first-order valence-corrected chi connectivity index (χ1v) is 6.58. The summed E-state index contributed by atoms with van der Waals surface area (Å²) in [6.45, 7) is 0.310. The lowest BCUT2D eigenvalue weighted by Crippen LogP contribution is -1.99. The maximum atomic E-state index is 13.1. The molecule has 88 valence electrons. The Kier molecular flexibility index (Phi) is 4.15. The topological polar surface area (TPSA) is 38.9 Å². The Morgan fingerprint density at radius 1 is 1.35 bits per heavy atom. The molecule has 0 aliphatic rings. The van der Waals surface area contributed by atoms with Crippen molar-refractivity contribution >= 4 is 27.7 Å². The van der Waals surface area contributed by atoms with Crippen LogP contribution in [0.25, 0.3) is 0 Å². The highest BCUT2D eigenvalue weighted by molar-refractivity contribution is 9.10. The first kappa shape index (κ1) is 12.5. The third-order valence-electron chi connectivity index (χ3n) is 2.17. The molecule has 1 aromatic carbocycles. The van der Waals surface area contributed by atoms with Crippen LogP contribution in [0.15, 0.2) is 50.9 Å². The van der Waals surface area contributed by atoms with Crippen molar-refractivity contribution in [2.45, 2.75) is 16.5 Å². The van der Waals surface area contributed by atoms with Crippen molar-refractivity contribution in [3.05, 3.63) is 52.4 Å². The molecule has 2 aromatic rings. The van der Waals surface area contributed by atoms with E-state index in [9.17, 15) is 4.39 Å². The lowest BCUT2D eigenvalue weighted by molar-refractivity contribution is 0.623. The van der Waals surface area contributed by atoms with Gasteiger partial charge in [0.1, 0.15) is 10.8 Å². The summed E-state index contributed by atoms with van der Waals surface area (Å²) in [6.07, 6.45) is 1.72. The number of hydrogen-bond donors (Lipinski definition) is 1. The van der Waals surface area contributed by atoms with Gasteiger partial charge in [0.25, 0.3) is 0 Å². The van der Waals surface area contributed by atoms with Crippen LogP contribution in [-0.2, 0) is 6.54 Å². The summed E-state index contributed by atoms with van der Waals surface area (Å²) >= 11 is 4.90. The molecule has 0 aliphatic carbocycles. The third kappa shape index (κ3) is 3.06. The van der Waals surface area contributed by atoms with Gasteiger partial charge in [-0.2, -0.15) is 0 Å². The predicted molar refractivity (Wildman–Crippen MR) is 70.4 cm³/mol. The zero-order chi connectivity index (χ0) is 12.3. The molecule has 0 amide bonds. The van der Waals surface area contributed by atoms with Crippen molar-refractivity contribution in [1.82, 2.24) is 4.98 Å². The predicted octanol–water partition coefficient (Wildman–Crippen LogP) is 3.59. The molecule has 0 saturated carbocycles. The summed E-state index contributed by atoms with van der Waals surface area (Å²) in [4.78, 5) is 5.18. The Balaban J connectivity index is 2.33. The van der Waals surface area contributed by atoms with Crippen LogP contribution in [0, 0.1) is 5.82 Å². The lowest BCUT2D eigenvalue weighted by Gasteiger charge is -2.07. The minimum atomic E-state index is -0.269. The number of pyridine rings is 1. The molecule has 0 unspecified atom stereocenters. The molecule has 2 N–H and O–H groups in total. The first-order chi connectivity index (χ1) is 8.20. The van der Waals surface area contributed by atoms with Gasteiger partial charge in [0.2, 0.25) is 0 Å². The molecule has 0 radical (unpaired) electrons. The Labute approximate surface area is 112 Å². The quantitative estimate of drug-likeness (QED) is 0.941. The van der Waals surface area contributed by atoms with Gasteiger partial charge in [-0.1, -0.05) is 11.8 Å². The van der Waals surface area contributed by atoms with Crippen LogP contribution >= 0.6 is 27.7 Å². The van der Waals surface area contributed by atoms with Crippen LogP contribution in [0.3, 0.4) is 0 Å². The molecule has 5 heteroatoms. The minimum Gasteiger partial charge on any atom is -0.326 e. The fraction of sp³-hybridized carbons (Fsp3) is 0.0833. The Morgan fingerprint density at radius 2 is 2.18 bits per heavy atom. The normalized spacial score (nSPS) is 10.5. The second-order valence-electron chi connectivity index (χ2n) is 3.35. The number of hydrogen-bond acceptors (Lipinski definition) is 3. The molecule has 0 aliphatic heterocycles. The van der Waals surface area contributed by atoms with Crippen LogP contribution in [-0.4, -0.2) is 4.98 Å². The second kappa shape index (κ2) is 5.62. The van der Waals surface area contributed by atoms with E-state index in [0.29, 0.717) is 6.54 Å².